The van der Waals surface area contributed by atoms with Crippen LogP contribution in [0, 0.1) is 0 Å². The van der Waals surface area contributed by atoms with Gasteiger partial charge in [-0.05, 0) is 61.0 Å². The first-order valence-electron chi connectivity index (χ1n) is 10.2. The van der Waals surface area contributed by atoms with E-state index in [9.17, 15) is 14.4 Å². The number of halogens is 2. The lowest BCUT2D eigenvalue weighted by Crippen LogP contribution is -2.35. The predicted octanol–water partition coefficient (Wildman–Crippen LogP) is 5.07. The van der Waals surface area contributed by atoms with Gasteiger partial charge < -0.3 is 9.47 Å². The number of hydrogen-bond donors (Lipinski definition) is 1. The Morgan fingerprint density at radius 1 is 1.00 bits per heavy atom. The van der Waals surface area contributed by atoms with Crippen LogP contribution in [0.15, 0.2) is 72.3 Å². The van der Waals surface area contributed by atoms with Gasteiger partial charge in [-0.1, -0.05) is 47.5 Å². The molecule has 9 heteroatoms. The molecular formula is C25H18Cl2N2O5. The molecule has 3 aromatic carbocycles. The molecule has 1 N–H and O–H groups in total. The standard InChI is InChI=1S/C25H18Cl2N2O5/c1-2-33-22-13-15(8-11-21(22)34-25(32)18-10-9-16(26)14-20(18)27)12-19-23(30)28-29(24(19)31)17-6-4-3-5-7-17/h3-14H,2H2,1H3,(H,28,30)/b19-12-. The molecule has 172 valence electrons. The van der Waals surface area contributed by atoms with Crippen LogP contribution in [0.3, 0.4) is 0 Å². The molecule has 1 saturated heterocycles. The highest BCUT2D eigenvalue weighted by atomic mass is 35.5. The third-order valence-corrected chi connectivity index (χ3v) is 5.39. The van der Waals surface area contributed by atoms with E-state index in [-0.39, 0.29) is 27.7 Å². The maximum absolute atomic E-state index is 12.8. The summed E-state index contributed by atoms with van der Waals surface area (Å²) in [5.74, 6) is -1.27. The van der Waals surface area contributed by atoms with Crippen molar-refractivity contribution in [1.29, 1.82) is 0 Å². The van der Waals surface area contributed by atoms with Crippen LogP contribution in [0.1, 0.15) is 22.8 Å². The number of nitrogens with zero attached hydrogens (tertiary/aromatic N) is 1. The van der Waals surface area contributed by atoms with Crippen LogP contribution in [-0.4, -0.2) is 24.4 Å². The van der Waals surface area contributed by atoms with Crippen LogP contribution in [0.5, 0.6) is 11.5 Å². The zero-order valence-corrected chi connectivity index (χ0v) is 19.4. The number of para-hydroxylation sites is 1. The molecule has 0 radical (unpaired) electrons. The SMILES string of the molecule is CCOc1cc(/C=C2/C(=O)NN(c3ccccc3)C2=O)ccc1OC(=O)c1ccc(Cl)cc1Cl. The summed E-state index contributed by atoms with van der Waals surface area (Å²) in [7, 11) is 0. The lowest BCUT2D eigenvalue weighted by Gasteiger charge is -2.14. The van der Waals surface area contributed by atoms with E-state index < -0.39 is 17.8 Å². The summed E-state index contributed by atoms with van der Waals surface area (Å²) < 4.78 is 11.1. The highest BCUT2D eigenvalue weighted by molar-refractivity contribution is 6.36. The number of hydrogen-bond acceptors (Lipinski definition) is 5. The summed E-state index contributed by atoms with van der Waals surface area (Å²) in [5.41, 5.74) is 3.72. The minimum atomic E-state index is -0.683. The quantitative estimate of drug-likeness (QED) is 0.223. The summed E-state index contributed by atoms with van der Waals surface area (Å²) in [6.45, 7) is 2.08. The lowest BCUT2D eigenvalue weighted by molar-refractivity contribution is -0.117. The van der Waals surface area contributed by atoms with Gasteiger partial charge in [-0.3, -0.25) is 15.0 Å². The average Bonchev–Trinajstić information content (AvgIpc) is 3.09. The van der Waals surface area contributed by atoms with Crippen molar-refractivity contribution in [3.8, 4) is 11.5 Å². The molecule has 7 nitrogen and oxygen atoms in total. The van der Waals surface area contributed by atoms with Gasteiger partial charge in [-0.25, -0.2) is 9.80 Å². The van der Waals surface area contributed by atoms with Crippen LogP contribution in [-0.2, 0) is 9.59 Å². The third kappa shape index (κ3) is 4.90. The van der Waals surface area contributed by atoms with Crippen LogP contribution in [0.25, 0.3) is 6.08 Å². The largest absolute Gasteiger partial charge is 0.490 e. The Labute approximate surface area is 205 Å². The van der Waals surface area contributed by atoms with Gasteiger partial charge in [0.1, 0.15) is 5.57 Å². The maximum Gasteiger partial charge on any atom is 0.345 e. The van der Waals surface area contributed by atoms with E-state index in [1.165, 1.54) is 35.4 Å². The topological polar surface area (TPSA) is 84.9 Å². The number of anilines is 1. The van der Waals surface area contributed by atoms with Crippen molar-refractivity contribution in [2.75, 3.05) is 11.6 Å². The first-order valence-corrected chi connectivity index (χ1v) is 11.0. The zero-order valence-electron chi connectivity index (χ0n) is 17.9. The number of carbonyl (C=O) groups is 3. The molecule has 1 aliphatic heterocycles. The fourth-order valence-corrected chi connectivity index (χ4v) is 3.75. The number of carbonyl (C=O) groups excluding carboxylic acids is 3. The molecule has 1 fully saturated rings. The summed E-state index contributed by atoms with van der Waals surface area (Å²) in [4.78, 5) is 37.9. The Balaban J connectivity index is 1.60. The van der Waals surface area contributed by atoms with Crippen LogP contribution < -0.4 is 19.9 Å². The number of amides is 2. The van der Waals surface area contributed by atoms with Crippen molar-refractivity contribution >= 4 is 52.7 Å². The molecule has 3 aromatic rings. The monoisotopic (exact) mass is 496 g/mol. The van der Waals surface area contributed by atoms with Crippen molar-refractivity contribution in [3.05, 3.63) is 93.5 Å². The first-order chi connectivity index (χ1) is 16.4. The number of rotatable bonds is 6. The Bertz CT molecular complexity index is 1310. The van der Waals surface area contributed by atoms with Gasteiger partial charge in [0.05, 0.1) is 22.9 Å². The fraction of sp³-hybridized carbons (Fsp3) is 0.0800. The number of hydrazine groups is 1. The van der Waals surface area contributed by atoms with E-state index in [1.54, 1.807) is 43.3 Å². The van der Waals surface area contributed by atoms with Crippen molar-refractivity contribution in [2.45, 2.75) is 6.92 Å². The van der Waals surface area contributed by atoms with Crippen molar-refractivity contribution in [2.24, 2.45) is 0 Å². The summed E-state index contributed by atoms with van der Waals surface area (Å²) in [6, 6.07) is 17.9. The lowest BCUT2D eigenvalue weighted by atomic mass is 10.1. The maximum atomic E-state index is 12.8. The molecule has 34 heavy (non-hydrogen) atoms. The van der Waals surface area contributed by atoms with Gasteiger partial charge in [0.2, 0.25) is 0 Å². The molecule has 4 rings (SSSR count). The Morgan fingerprint density at radius 2 is 1.76 bits per heavy atom. The van der Waals surface area contributed by atoms with Gasteiger partial charge in [0.25, 0.3) is 11.8 Å². The van der Waals surface area contributed by atoms with Gasteiger partial charge in [0, 0.05) is 5.02 Å². The molecule has 0 atom stereocenters. The van der Waals surface area contributed by atoms with E-state index in [2.05, 4.69) is 5.43 Å². The van der Waals surface area contributed by atoms with Crippen LogP contribution in [0.2, 0.25) is 10.0 Å². The number of benzene rings is 3. The highest BCUT2D eigenvalue weighted by Gasteiger charge is 2.34. The van der Waals surface area contributed by atoms with Gasteiger partial charge in [-0.2, -0.15) is 0 Å². The van der Waals surface area contributed by atoms with E-state index in [1.807, 2.05) is 6.07 Å². The highest BCUT2D eigenvalue weighted by Crippen LogP contribution is 2.32. The second kappa shape index (κ2) is 9.99. The minimum Gasteiger partial charge on any atom is -0.490 e. The van der Waals surface area contributed by atoms with Gasteiger partial charge >= 0.3 is 5.97 Å². The third-order valence-electron chi connectivity index (χ3n) is 4.84. The van der Waals surface area contributed by atoms with Crippen molar-refractivity contribution in [3.63, 3.8) is 0 Å². The molecule has 1 aliphatic rings. The second-order valence-corrected chi connectivity index (χ2v) is 7.97. The first kappa shape index (κ1) is 23.4. The Morgan fingerprint density at radius 3 is 2.47 bits per heavy atom. The van der Waals surface area contributed by atoms with E-state index in [4.69, 9.17) is 32.7 Å². The van der Waals surface area contributed by atoms with E-state index in [0.29, 0.717) is 22.9 Å². The molecule has 0 bridgehead atoms. The molecule has 0 aliphatic carbocycles. The average molecular weight is 497 g/mol. The van der Waals surface area contributed by atoms with E-state index in [0.717, 1.165) is 0 Å². The van der Waals surface area contributed by atoms with Crippen molar-refractivity contribution < 1.29 is 23.9 Å². The molecule has 0 aromatic heterocycles. The van der Waals surface area contributed by atoms with Crippen molar-refractivity contribution in [1.82, 2.24) is 5.43 Å². The number of nitrogens with one attached hydrogen (secondary N) is 1. The molecule has 1 heterocycles. The molecule has 0 unspecified atom stereocenters. The van der Waals surface area contributed by atoms with Crippen LogP contribution in [0.4, 0.5) is 5.69 Å². The number of ether oxygens (including phenoxy) is 2. The molecular weight excluding hydrogens is 479 g/mol. The molecule has 2 amide bonds. The Hall–Kier alpha value is -3.81. The summed E-state index contributed by atoms with van der Waals surface area (Å²) >= 11 is 12.0. The number of esters is 1. The normalized spacial score (nSPS) is 14.3. The smallest absolute Gasteiger partial charge is 0.345 e. The minimum absolute atomic E-state index is 0.0380. The summed E-state index contributed by atoms with van der Waals surface area (Å²) in [5, 5.41) is 1.74. The van der Waals surface area contributed by atoms with Crippen LogP contribution >= 0.6 is 23.2 Å². The van der Waals surface area contributed by atoms with Gasteiger partial charge in [0.15, 0.2) is 11.5 Å². The molecule has 0 saturated carbocycles. The molecule has 0 spiro atoms. The van der Waals surface area contributed by atoms with Gasteiger partial charge in [-0.15, -0.1) is 0 Å². The predicted molar refractivity (Wildman–Crippen MR) is 129 cm³/mol. The van der Waals surface area contributed by atoms with E-state index >= 15 is 0 Å². The zero-order chi connectivity index (χ0) is 24.2. The summed E-state index contributed by atoms with van der Waals surface area (Å²) in [6.07, 6.45) is 1.45. The Kier molecular flexibility index (Phi) is 6.86. The fourth-order valence-electron chi connectivity index (χ4n) is 3.26. The second-order valence-electron chi connectivity index (χ2n) is 7.13.